The predicted molar refractivity (Wildman–Crippen MR) is 95.9 cm³/mol. The number of nitrogens with zero attached hydrogens (tertiary/aromatic N) is 2. The third-order valence-corrected chi connectivity index (χ3v) is 5.34. The molecule has 2 aliphatic rings. The van der Waals surface area contributed by atoms with E-state index in [1.807, 2.05) is 35.2 Å². The number of piperazine rings is 1. The largest absolute Gasteiger partial charge is 0.445 e. The van der Waals surface area contributed by atoms with E-state index in [0.717, 1.165) is 24.8 Å². The molecule has 0 spiro atoms. The van der Waals surface area contributed by atoms with Gasteiger partial charge in [-0.3, -0.25) is 4.79 Å². The predicted octanol–water partition coefficient (Wildman–Crippen LogP) is 3.29. The second kappa shape index (κ2) is 8.37. The summed E-state index contributed by atoms with van der Waals surface area (Å²) in [4.78, 5) is 28.5. The molecule has 1 aromatic carbocycles. The molecular formula is C20H28N2O3. The normalized spacial score (nSPS) is 24.0. The van der Waals surface area contributed by atoms with E-state index in [-0.39, 0.29) is 17.9 Å². The summed E-state index contributed by atoms with van der Waals surface area (Å²) in [5.41, 5.74) is 0.982. The van der Waals surface area contributed by atoms with Gasteiger partial charge in [-0.05, 0) is 24.3 Å². The lowest BCUT2D eigenvalue weighted by atomic mass is 9.81. The van der Waals surface area contributed by atoms with Gasteiger partial charge in [0, 0.05) is 32.1 Å². The Hall–Kier alpha value is -2.04. The Morgan fingerprint density at radius 3 is 2.40 bits per heavy atom. The van der Waals surface area contributed by atoms with Crippen LogP contribution in [0.1, 0.15) is 38.2 Å². The topological polar surface area (TPSA) is 49.9 Å². The molecule has 0 N–H and O–H groups in total. The second-order valence-corrected chi connectivity index (χ2v) is 7.32. The number of hydrogen-bond donors (Lipinski definition) is 0. The summed E-state index contributed by atoms with van der Waals surface area (Å²) in [5, 5.41) is 0. The zero-order valence-corrected chi connectivity index (χ0v) is 15.0. The Labute approximate surface area is 149 Å². The van der Waals surface area contributed by atoms with Crippen molar-refractivity contribution in [3.63, 3.8) is 0 Å². The van der Waals surface area contributed by atoms with Crippen LogP contribution in [-0.2, 0) is 16.1 Å². The zero-order valence-electron chi connectivity index (χ0n) is 15.0. The summed E-state index contributed by atoms with van der Waals surface area (Å²) >= 11 is 0. The van der Waals surface area contributed by atoms with Crippen LogP contribution in [0.15, 0.2) is 30.3 Å². The lowest BCUT2D eigenvalue weighted by molar-refractivity contribution is -0.138. The minimum Gasteiger partial charge on any atom is -0.445 e. The van der Waals surface area contributed by atoms with E-state index in [4.69, 9.17) is 4.74 Å². The maximum atomic E-state index is 12.7. The van der Waals surface area contributed by atoms with Crippen molar-refractivity contribution in [1.82, 2.24) is 9.80 Å². The molecular weight excluding hydrogens is 316 g/mol. The number of rotatable bonds is 3. The molecule has 1 aliphatic heterocycles. The Balaban J connectivity index is 1.43. The van der Waals surface area contributed by atoms with Gasteiger partial charge in [0.25, 0.3) is 0 Å². The van der Waals surface area contributed by atoms with Crippen LogP contribution in [0.4, 0.5) is 4.79 Å². The van der Waals surface area contributed by atoms with E-state index in [1.54, 1.807) is 4.90 Å². The van der Waals surface area contributed by atoms with Gasteiger partial charge >= 0.3 is 6.09 Å². The van der Waals surface area contributed by atoms with Gasteiger partial charge in [0.15, 0.2) is 0 Å². The first-order chi connectivity index (χ1) is 12.1. The number of benzene rings is 1. The number of ether oxygens (including phenoxy) is 1. The van der Waals surface area contributed by atoms with Gasteiger partial charge in [0.1, 0.15) is 6.61 Å². The van der Waals surface area contributed by atoms with Crippen LogP contribution < -0.4 is 0 Å². The van der Waals surface area contributed by atoms with Crippen molar-refractivity contribution in [3.8, 4) is 0 Å². The Morgan fingerprint density at radius 1 is 1.04 bits per heavy atom. The fourth-order valence-electron chi connectivity index (χ4n) is 3.84. The SMILES string of the molecule is C[C@@H]1CCC[C@H](C(=O)N2CCN(C(=O)OCc3ccccc3)CC2)C1. The molecule has 0 aromatic heterocycles. The van der Waals surface area contributed by atoms with E-state index in [0.29, 0.717) is 38.7 Å². The van der Waals surface area contributed by atoms with Gasteiger partial charge in [-0.25, -0.2) is 4.79 Å². The van der Waals surface area contributed by atoms with Crippen LogP contribution in [0.5, 0.6) is 0 Å². The van der Waals surface area contributed by atoms with Crippen molar-refractivity contribution in [1.29, 1.82) is 0 Å². The van der Waals surface area contributed by atoms with Crippen LogP contribution in [0.2, 0.25) is 0 Å². The average Bonchev–Trinajstić information content (AvgIpc) is 2.66. The molecule has 1 heterocycles. The average molecular weight is 344 g/mol. The van der Waals surface area contributed by atoms with Gasteiger partial charge < -0.3 is 14.5 Å². The van der Waals surface area contributed by atoms with Gasteiger partial charge in [-0.2, -0.15) is 0 Å². The molecule has 0 bridgehead atoms. The first-order valence-electron chi connectivity index (χ1n) is 9.38. The minimum atomic E-state index is -0.290. The summed E-state index contributed by atoms with van der Waals surface area (Å²) in [5.74, 6) is 1.11. The van der Waals surface area contributed by atoms with Gasteiger partial charge in [0.2, 0.25) is 5.91 Å². The molecule has 3 rings (SSSR count). The van der Waals surface area contributed by atoms with Crippen molar-refractivity contribution in [2.24, 2.45) is 11.8 Å². The van der Waals surface area contributed by atoms with E-state index in [9.17, 15) is 9.59 Å². The Bertz CT molecular complexity index is 582. The number of hydrogen-bond acceptors (Lipinski definition) is 3. The molecule has 1 saturated heterocycles. The third-order valence-electron chi connectivity index (χ3n) is 5.34. The number of carbonyl (C=O) groups is 2. The molecule has 25 heavy (non-hydrogen) atoms. The summed E-state index contributed by atoms with van der Waals surface area (Å²) in [6.07, 6.45) is 4.14. The van der Waals surface area contributed by atoms with Crippen LogP contribution in [0, 0.1) is 11.8 Å². The monoisotopic (exact) mass is 344 g/mol. The molecule has 2 amide bonds. The smallest absolute Gasteiger partial charge is 0.410 e. The number of carbonyl (C=O) groups excluding carboxylic acids is 2. The maximum Gasteiger partial charge on any atom is 0.410 e. The standard InChI is InChI=1S/C20H28N2O3/c1-16-6-5-9-18(14-16)19(23)21-10-12-22(13-11-21)20(24)25-15-17-7-3-2-4-8-17/h2-4,7-8,16,18H,5-6,9-15H2,1H3/t16-,18+/m1/s1. The van der Waals surface area contributed by atoms with Gasteiger partial charge in [-0.1, -0.05) is 50.1 Å². The molecule has 0 radical (unpaired) electrons. The summed E-state index contributed by atoms with van der Waals surface area (Å²) in [6, 6.07) is 9.68. The van der Waals surface area contributed by atoms with Crippen LogP contribution >= 0.6 is 0 Å². The number of amides is 2. The van der Waals surface area contributed by atoms with Crippen LogP contribution in [0.25, 0.3) is 0 Å². The van der Waals surface area contributed by atoms with Gasteiger partial charge in [0.05, 0.1) is 0 Å². The van der Waals surface area contributed by atoms with Crippen LogP contribution in [0.3, 0.4) is 0 Å². The van der Waals surface area contributed by atoms with E-state index in [1.165, 1.54) is 6.42 Å². The Kier molecular flexibility index (Phi) is 5.95. The molecule has 5 nitrogen and oxygen atoms in total. The maximum absolute atomic E-state index is 12.7. The molecule has 1 saturated carbocycles. The minimum absolute atomic E-state index is 0.181. The molecule has 1 aliphatic carbocycles. The highest BCUT2D eigenvalue weighted by Gasteiger charge is 2.31. The Morgan fingerprint density at radius 2 is 1.72 bits per heavy atom. The van der Waals surface area contributed by atoms with Crippen molar-refractivity contribution in [2.45, 2.75) is 39.2 Å². The van der Waals surface area contributed by atoms with E-state index in [2.05, 4.69) is 6.92 Å². The second-order valence-electron chi connectivity index (χ2n) is 7.32. The highest BCUT2D eigenvalue weighted by atomic mass is 16.6. The fourth-order valence-corrected chi connectivity index (χ4v) is 3.84. The molecule has 136 valence electrons. The summed E-state index contributed by atoms with van der Waals surface area (Å²) in [7, 11) is 0. The first kappa shape index (κ1) is 17.8. The molecule has 2 fully saturated rings. The molecule has 5 heteroatoms. The highest BCUT2D eigenvalue weighted by molar-refractivity contribution is 5.79. The van der Waals surface area contributed by atoms with Crippen molar-refractivity contribution < 1.29 is 14.3 Å². The van der Waals surface area contributed by atoms with Gasteiger partial charge in [-0.15, -0.1) is 0 Å². The lowest BCUT2D eigenvalue weighted by Crippen LogP contribution is -2.52. The fraction of sp³-hybridized carbons (Fsp3) is 0.600. The van der Waals surface area contributed by atoms with Crippen LogP contribution in [-0.4, -0.2) is 48.0 Å². The van der Waals surface area contributed by atoms with Crippen molar-refractivity contribution in [2.75, 3.05) is 26.2 Å². The molecule has 1 aromatic rings. The quantitative estimate of drug-likeness (QED) is 0.845. The summed E-state index contributed by atoms with van der Waals surface area (Å²) in [6.45, 7) is 4.87. The van der Waals surface area contributed by atoms with E-state index >= 15 is 0 Å². The third kappa shape index (κ3) is 4.74. The van der Waals surface area contributed by atoms with E-state index < -0.39 is 0 Å². The molecule has 0 unspecified atom stereocenters. The van der Waals surface area contributed by atoms with Crippen molar-refractivity contribution >= 4 is 12.0 Å². The molecule has 2 atom stereocenters. The summed E-state index contributed by atoms with van der Waals surface area (Å²) < 4.78 is 5.38. The zero-order chi connectivity index (χ0) is 17.6. The highest BCUT2D eigenvalue weighted by Crippen LogP contribution is 2.30. The lowest BCUT2D eigenvalue weighted by Gasteiger charge is -2.37. The first-order valence-corrected chi connectivity index (χ1v) is 9.38. The van der Waals surface area contributed by atoms with Crippen molar-refractivity contribution in [3.05, 3.63) is 35.9 Å².